The maximum Gasteiger partial charge on any atom is 0.317 e. The summed E-state index contributed by atoms with van der Waals surface area (Å²) in [7, 11) is 0. The Morgan fingerprint density at radius 2 is 1.06 bits per heavy atom. The van der Waals surface area contributed by atoms with Crippen molar-refractivity contribution in [2.75, 3.05) is 105 Å². The van der Waals surface area contributed by atoms with E-state index < -0.39 is 24.0 Å². The number of aliphatic hydroxyl groups is 1. The fourth-order valence-electron chi connectivity index (χ4n) is 3.63. The SMILES string of the molecule is O=CCOCCOCC(O)CN1CCN(CC(=O)O)CCN(CC(=O)O)CCN(CC(=O)O)CC1. The summed E-state index contributed by atoms with van der Waals surface area (Å²) in [5.74, 6) is -3.00. The van der Waals surface area contributed by atoms with Crippen molar-refractivity contribution in [1.82, 2.24) is 19.6 Å². The minimum Gasteiger partial charge on any atom is -0.480 e. The number of carbonyl (C=O) groups excluding carboxylic acids is 1. The molecule has 1 rings (SSSR count). The van der Waals surface area contributed by atoms with Crippen molar-refractivity contribution in [3.05, 3.63) is 0 Å². The van der Waals surface area contributed by atoms with Crippen LogP contribution in [0.4, 0.5) is 0 Å². The molecule has 0 spiro atoms. The summed E-state index contributed by atoms with van der Waals surface area (Å²) in [6.45, 7) is 2.98. The fraction of sp³-hybridized carbons (Fsp3) is 0.810. The number of hydrogen-bond donors (Lipinski definition) is 4. The highest BCUT2D eigenvalue weighted by Gasteiger charge is 2.21. The molecular weight excluding hydrogens is 468 g/mol. The molecule has 1 heterocycles. The van der Waals surface area contributed by atoms with Gasteiger partial charge in [0, 0.05) is 58.9 Å². The van der Waals surface area contributed by atoms with Gasteiger partial charge in [-0.2, -0.15) is 0 Å². The van der Waals surface area contributed by atoms with Crippen molar-refractivity contribution in [2.45, 2.75) is 6.10 Å². The van der Waals surface area contributed by atoms with Gasteiger partial charge in [-0.05, 0) is 0 Å². The molecule has 0 aromatic rings. The average molecular weight is 507 g/mol. The number of aliphatic carboxylic acids is 3. The smallest absolute Gasteiger partial charge is 0.317 e. The summed E-state index contributed by atoms with van der Waals surface area (Å²) < 4.78 is 10.3. The second kappa shape index (κ2) is 18.1. The molecule has 1 fully saturated rings. The van der Waals surface area contributed by atoms with Gasteiger partial charge in [0.15, 0.2) is 0 Å². The number of carboxylic acid groups (broad SMARTS) is 3. The van der Waals surface area contributed by atoms with E-state index in [2.05, 4.69) is 0 Å². The van der Waals surface area contributed by atoms with Crippen LogP contribution in [0.1, 0.15) is 0 Å². The van der Waals surface area contributed by atoms with Crippen LogP contribution >= 0.6 is 0 Å². The normalized spacial score (nSPS) is 18.9. The lowest BCUT2D eigenvalue weighted by atomic mass is 10.3. The van der Waals surface area contributed by atoms with Crippen LogP contribution in [0.25, 0.3) is 0 Å². The highest BCUT2D eigenvalue weighted by Crippen LogP contribution is 2.03. The third-order valence-electron chi connectivity index (χ3n) is 5.34. The Bertz CT molecular complexity index is 622. The first kappa shape index (κ1) is 30.8. The van der Waals surface area contributed by atoms with Crippen molar-refractivity contribution >= 4 is 24.2 Å². The Morgan fingerprint density at radius 3 is 1.43 bits per heavy atom. The van der Waals surface area contributed by atoms with E-state index in [1.165, 1.54) is 0 Å². The predicted molar refractivity (Wildman–Crippen MR) is 122 cm³/mol. The molecular formula is C21H38N4O10. The van der Waals surface area contributed by atoms with Gasteiger partial charge in [-0.1, -0.05) is 0 Å². The van der Waals surface area contributed by atoms with Crippen LogP contribution in [0.2, 0.25) is 0 Å². The number of aldehydes is 1. The summed E-state index contributed by atoms with van der Waals surface area (Å²) >= 11 is 0. The monoisotopic (exact) mass is 506 g/mol. The standard InChI is InChI=1S/C21H38N4O10/c26-9-10-34-11-12-35-17-18(27)13-22-1-3-23(14-19(28)29)5-7-25(16-21(32)33)8-6-24(4-2-22)15-20(30)31/h9,18,27H,1-8,10-17H2,(H,28,29)(H,30,31)(H,32,33). The Hall–Kier alpha value is -2.20. The molecule has 0 saturated carbocycles. The van der Waals surface area contributed by atoms with E-state index >= 15 is 0 Å². The first-order chi connectivity index (χ1) is 16.7. The van der Waals surface area contributed by atoms with Gasteiger partial charge in [0.1, 0.15) is 12.9 Å². The second-order valence-corrected chi connectivity index (χ2v) is 8.28. The molecule has 35 heavy (non-hydrogen) atoms. The molecule has 1 unspecified atom stereocenters. The summed E-state index contributed by atoms with van der Waals surface area (Å²) in [4.78, 5) is 51.1. The molecule has 0 aliphatic carbocycles. The first-order valence-corrected chi connectivity index (χ1v) is 11.5. The van der Waals surface area contributed by atoms with Gasteiger partial charge in [0.25, 0.3) is 0 Å². The maximum atomic E-state index is 11.3. The molecule has 0 amide bonds. The molecule has 0 radical (unpaired) electrons. The lowest BCUT2D eigenvalue weighted by Gasteiger charge is -2.33. The fourth-order valence-corrected chi connectivity index (χ4v) is 3.63. The zero-order valence-corrected chi connectivity index (χ0v) is 20.0. The van der Waals surface area contributed by atoms with Crippen LogP contribution in [-0.2, 0) is 28.7 Å². The summed E-state index contributed by atoms with van der Waals surface area (Å²) in [5, 5.41) is 38.1. The molecule has 0 aromatic carbocycles. The van der Waals surface area contributed by atoms with Crippen molar-refractivity contribution in [3.63, 3.8) is 0 Å². The summed E-state index contributed by atoms with van der Waals surface area (Å²) in [6, 6.07) is 0. The van der Waals surface area contributed by atoms with Gasteiger partial charge in [-0.15, -0.1) is 0 Å². The van der Waals surface area contributed by atoms with E-state index in [1.54, 1.807) is 14.7 Å². The number of aliphatic hydroxyl groups excluding tert-OH is 1. The van der Waals surface area contributed by atoms with Gasteiger partial charge in [0.2, 0.25) is 0 Å². The number of nitrogens with zero attached hydrogens (tertiary/aromatic N) is 4. The largest absolute Gasteiger partial charge is 0.480 e. The number of carboxylic acids is 3. The number of hydrogen-bond acceptors (Lipinski definition) is 11. The molecule has 1 atom stereocenters. The summed E-state index contributed by atoms with van der Waals surface area (Å²) in [5.41, 5.74) is 0. The van der Waals surface area contributed by atoms with Gasteiger partial charge >= 0.3 is 17.9 Å². The van der Waals surface area contributed by atoms with Crippen LogP contribution in [-0.4, -0.2) is 175 Å². The number of ether oxygens (including phenoxy) is 2. The van der Waals surface area contributed by atoms with E-state index in [9.17, 15) is 39.6 Å². The second-order valence-electron chi connectivity index (χ2n) is 8.28. The molecule has 4 N–H and O–H groups in total. The van der Waals surface area contributed by atoms with E-state index in [-0.39, 0.29) is 52.6 Å². The zero-order chi connectivity index (χ0) is 26.1. The minimum absolute atomic E-state index is 0.0204. The van der Waals surface area contributed by atoms with Crippen molar-refractivity contribution in [3.8, 4) is 0 Å². The Labute approximate surface area is 204 Å². The Balaban J connectivity index is 2.78. The maximum absolute atomic E-state index is 11.3. The topological polar surface area (TPSA) is 181 Å². The quantitative estimate of drug-likeness (QED) is 0.131. The van der Waals surface area contributed by atoms with E-state index in [0.717, 1.165) is 0 Å². The Kier molecular flexibility index (Phi) is 16.0. The molecule has 202 valence electrons. The molecule has 0 bridgehead atoms. The zero-order valence-electron chi connectivity index (χ0n) is 20.0. The molecule has 1 aliphatic rings. The molecule has 0 aromatic heterocycles. The highest BCUT2D eigenvalue weighted by molar-refractivity contribution is 5.69. The molecule has 14 heteroatoms. The third kappa shape index (κ3) is 16.2. The van der Waals surface area contributed by atoms with Crippen molar-refractivity contribution in [1.29, 1.82) is 0 Å². The number of β-amino-alcohol motifs (C(OH)–C–C–N with tert-alkyl or cyclic N) is 1. The molecule has 1 saturated heterocycles. The van der Waals surface area contributed by atoms with Gasteiger partial charge in [0.05, 0.1) is 45.6 Å². The molecule has 14 nitrogen and oxygen atoms in total. The van der Waals surface area contributed by atoms with Gasteiger partial charge in [-0.25, -0.2) is 0 Å². The van der Waals surface area contributed by atoms with Gasteiger partial charge in [-0.3, -0.25) is 34.0 Å². The van der Waals surface area contributed by atoms with E-state index in [0.29, 0.717) is 58.6 Å². The average Bonchev–Trinajstić information content (AvgIpc) is 2.77. The van der Waals surface area contributed by atoms with Crippen molar-refractivity contribution in [2.24, 2.45) is 0 Å². The molecule has 1 aliphatic heterocycles. The highest BCUT2D eigenvalue weighted by atomic mass is 16.5. The first-order valence-electron chi connectivity index (χ1n) is 11.5. The summed E-state index contributed by atoms with van der Waals surface area (Å²) in [6.07, 6.45) is -0.197. The van der Waals surface area contributed by atoms with Crippen molar-refractivity contribution < 1.29 is 49.1 Å². The Morgan fingerprint density at radius 1 is 0.686 bits per heavy atom. The lowest BCUT2D eigenvalue weighted by molar-refractivity contribution is -0.140. The van der Waals surface area contributed by atoms with Crippen LogP contribution < -0.4 is 0 Å². The lowest BCUT2D eigenvalue weighted by Crippen LogP contribution is -2.49. The van der Waals surface area contributed by atoms with E-state index in [1.807, 2.05) is 4.90 Å². The van der Waals surface area contributed by atoms with E-state index in [4.69, 9.17) is 9.47 Å². The van der Waals surface area contributed by atoms with Crippen LogP contribution in [0.5, 0.6) is 0 Å². The van der Waals surface area contributed by atoms with Crippen LogP contribution in [0.15, 0.2) is 0 Å². The van der Waals surface area contributed by atoms with Crippen LogP contribution in [0.3, 0.4) is 0 Å². The van der Waals surface area contributed by atoms with Gasteiger partial charge < -0.3 is 34.7 Å². The predicted octanol–water partition coefficient (Wildman–Crippen LogP) is -2.95. The third-order valence-corrected chi connectivity index (χ3v) is 5.34. The van der Waals surface area contributed by atoms with Crippen LogP contribution in [0, 0.1) is 0 Å². The minimum atomic E-state index is -1.01. The number of rotatable bonds is 15. The number of carbonyl (C=O) groups is 4.